The number of carbonyl (C=O) groups excluding carboxylic acids is 1. The van der Waals surface area contributed by atoms with Gasteiger partial charge in [-0.3, -0.25) is 0 Å². The van der Waals surface area contributed by atoms with E-state index >= 15 is 0 Å². The van der Waals surface area contributed by atoms with Gasteiger partial charge in [0.1, 0.15) is 0 Å². The van der Waals surface area contributed by atoms with E-state index in [9.17, 15) is 4.79 Å². The van der Waals surface area contributed by atoms with E-state index in [0.717, 1.165) is 13.0 Å². The van der Waals surface area contributed by atoms with E-state index in [4.69, 9.17) is 4.74 Å². The van der Waals surface area contributed by atoms with Gasteiger partial charge in [-0.2, -0.15) is 0 Å². The predicted molar refractivity (Wildman–Crippen MR) is 98.2 cm³/mol. The van der Waals surface area contributed by atoms with Crippen molar-refractivity contribution in [2.45, 2.75) is 57.9 Å². The van der Waals surface area contributed by atoms with E-state index in [-0.39, 0.29) is 11.5 Å². The lowest BCUT2D eigenvalue weighted by Gasteiger charge is -2.49. The molecule has 1 fully saturated rings. The Kier molecular flexibility index (Phi) is 7.10. The summed E-state index contributed by atoms with van der Waals surface area (Å²) >= 11 is 0. The van der Waals surface area contributed by atoms with Crippen molar-refractivity contribution < 1.29 is 9.53 Å². The summed E-state index contributed by atoms with van der Waals surface area (Å²) < 4.78 is 4.90. The first-order valence-electron chi connectivity index (χ1n) is 9.28. The molecule has 1 unspecified atom stereocenters. The summed E-state index contributed by atoms with van der Waals surface area (Å²) in [5.74, 6) is 0.640. The molecule has 1 aromatic carbocycles. The molecule has 0 aromatic heterocycles. The van der Waals surface area contributed by atoms with Crippen LogP contribution in [0, 0.1) is 5.92 Å². The molecule has 1 saturated carbocycles. The molecule has 4 heteroatoms. The summed E-state index contributed by atoms with van der Waals surface area (Å²) in [5, 5.41) is 6.52. The molecule has 1 atom stereocenters. The summed E-state index contributed by atoms with van der Waals surface area (Å²) in [5.41, 5.74) is 1.70. The molecule has 24 heavy (non-hydrogen) atoms. The standard InChI is InChI=1S/C20H32N2O2/c1-4-24-19(23)22-14-13-21-18(15-16(2)3)20(11-8-12-20)17-9-6-5-7-10-17/h5-7,9-10,16,18,21H,4,8,11-15H2,1-3H3,(H,22,23). The molecule has 4 nitrogen and oxygen atoms in total. The van der Waals surface area contributed by atoms with Crippen LogP contribution in [0.3, 0.4) is 0 Å². The van der Waals surface area contributed by atoms with Crippen LogP contribution in [-0.2, 0) is 10.2 Å². The summed E-state index contributed by atoms with van der Waals surface area (Å²) in [6.07, 6.45) is 4.60. The van der Waals surface area contributed by atoms with E-state index in [2.05, 4.69) is 54.8 Å². The van der Waals surface area contributed by atoms with Crippen LogP contribution in [0.15, 0.2) is 30.3 Å². The molecule has 0 saturated heterocycles. The van der Waals surface area contributed by atoms with Crippen molar-refractivity contribution in [3.05, 3.63) is 35.9 Å². The average molecular weight is 332 g/mol. The highest BCUT2D eigenvalue weighted by atomic mass is 16.5. The average Bonchev–Trinajstić information content (AvgIpc) is 2.51. The largest absolute Gasteiger partial charge is 0.450 e. The van der Waals surface area contributed by atoms with Gasteiger partial charge in [-0.05, 0) is 37.7 Å². The van der Waals surface area contributed by atoms with Gasteiger partial charge in [0.25, 0.3) is 0 Å². The van der Waals surface area contributed by atoms with Crippen molar-refractivity contribution in [1.29, 1.82) is 0 Å². The maximum atomic E-state index is 11.4. The lowest BCUT2D eigenvalue weighted by Crippen LogP contribution is -2.54. The second-order valence-electron chi connectivity index (χ2n) is 7.16. The Bertz CT molecular complexity index is 498. The third kappa shape index (κ3) is 4.73. The first-order valence-corrected chi connectivity index (χ1v) is 9.28. The molecular weight excluding hydrogens is 300 g/mol. The fraction of sp³-hybridized carbons (Fsp3) is 0.650. The molecule has 1 aromatic rings. The lowest BCUT2D eigenvalue weighted by atomic mass is 9.59. The zero-order valence-electron chi connectivity index (χ0n) is 15.3. The van der Waals surface area contributed by atoms with Crippen LogP contribution in [0.1, 0.15) is 52.0 Å². The first kappa shape index (κ1) is 18.8. The maximum Gasteiger partial charge on any atom is 0.407 e. The minimum Gasteiger partial charge on any atom is -0.450 e. The number of hydrogen-bond acceptors (Lipinski definition) is 3. The van der Waals surface area contributed by atoms with Crippen molar-refractivity contribution in [2.75, 3.05) is 19.7 Å². The molecule has 134 valence electrons. The second-order valence-corrected chi connectivity index (χ2v) is 7.16. The first-order chi connectivity index (χ1) is 11.6. The van der Waals surface area contributed by atoms with E-state index in [0.29, 0.717) is 25.1 Å². The van der Waals surface area contributed by atoms with E-state index in [1.165, 1.54) is 24.8 Å². The fourth-order valence-corrected chi connectivity index (χ4v) is 3.73. The van der Waals surface area contributed by atoms with Gasteiger partial charge in [0.15, 0.2) is 0 Å². The van der Waals surface area contributed by atoms with Crippen molar-refractivity contribution in [3.63, 3.8) is 0 Å². The number of amides is 1. The highest BCUT2D eigenvalue weighted by Gasteiger charge is 2.45. The number of nitrogens with one attached hydrogen (secondary N) is 2. The number of ether oxygens (including phenoxy) is 1. The van der Waals surface area contributed by atoms with Gasteiger partial charge in [0.05, 0.1) is 6.61 Å². The van der Waals surface area contributed by atoms with E-state index in [1.807, 2.05) is 6.92 Å². The minimum atomic E-state index is -0.332. The second kappa shape index (κ2) is 9.07. The molecule has 1 aliphatic carbocycles. The molecule has 1 amide bonds. The third-order valence-electron chi connectivity index (χ3n) is 5.03. The van der Waals surface area contributed by atoms with E-state index in [1.54, 1.807) is 0 Å². The summed E-state index contributed by atoms with van der Waals surface area (Å²) in [4.78, 5) is 11.4. The van der Waals surface area contributed by atoms with E-state index < -0.39 is 0 Å². The third-order valence-corrected chi connectivity index (χ3v) is 5.03. The zero-order valence-corrected chi connectivity index (χ0v) is 15.3. The SMILES string of the molecule is CCOC(=O)NCCNC(CC(C)C)C1(c2ccccc2)CCC1. The smallest absolute Gasteiger partial charge is 0.407 e. The summed E-state index contributed by atoms with van der Waals surface area (Å²) in [6.45, 7) is 8.15. The van der Waals surface area contributed by atoms with Gasteiger partial charge in [0, 0.05) is 24.5 Å². The normalized spacial score (nSPS) is 17.2. The Morgan fingerprint density at radius 2 is 1.92 bits per heavy atom. The van der Waals surface area contributed by atoms with Gasteiger partial charge in [-0.25, -0.2) is 4.79 Å². The quantitative estimate of drug-likeness (QED) is 0.675. The van der Waals surface area contributed by atoms with Crippen LogP contribution in [-0.4, -0.2) is 31.8 Å². The van der Waals surface area contributed by atoms with Crippen LogP contribution >= 0.6 is 0 Å². The fourth-order valence-electron chi connectivity index (χ4n) is 3.73. The zero-order chi connectivity index (χ0) is 17.4. The van der Waals surface area contributed by atoms with Crippen LogP contribution in [0.5, 0.6) is 0 Å². The van der Waals surface area contributed by atoms with Crippen molar-refractivity contribution in [3.8, 4) is 0 Å². The van der Waals surface area contributed by atoms with Crippen molar-refractivity contribution in [2.24, 2.45) is 5.92 Å². The molecule has 0 aliphatic heterocycles. The Morgan fingerprint density at radius 3 is 2.46 bits per heavy atom. The topological polar surface area (TPSA) is 50.4 Å². The van der Waals surface area contributed by atoms with Crippen LogP contribution < -0.4 is 10.6 Å². The predicted octanol–water partition coefficient (Wildman–Crippen LogP) is 3.86. The molecule has 0 spiro atoms. The Labute approximate surface area is 146 Å². The number of alkyl carbamates (subject to hydrolysis) is 1. The molecule has 0 heterocycles. The number of benzene rings is 1. The molecular formula is C20H32N2O2. The Morgan fingerprint density at radius 1 is 1.21 bits per heavy atom. The van der Waals surface area contributed by atoms with Crippen molar-refractivity contribution in [1.82, 2.24) is 10.6 Å². The van der Waals surface area contributed by atoms with Gasteiger partial charge < -0.3 is 15.4 Å². The number of hydrogen-bond donors (Lipinski definition) is 2. The molecule has 2 N–H and O–H groups in total. The Hall–Kier alpha value is -1.55. The molecule has 0 bridgehead atoms. The van der Waals surface area contributed by atoms with Gasteiger partial charge in [-0.15, -0.1) is 0 Å². The number of rotatable bonds is 9. The highest BCUT2D eigenvalue weighted by Crippen LogP contribution is 2.47. The monoisotopic (exact) mass is 332 g/mol. The van der Waals surface area contributed by atoms with Gasteiger partial charge in [-0.1, -0.05) is 50.6 Å². The number of carbonyl (C=O) groups is 1. The van der Waals surface area contributed by atoms with Crippen LogP contribution in [0.25, 0.3) is 0 Å². The molecule has 2 rings (SSSR count). The Balaban J connectivity index is 1.98. The van der Waals surface area contributed by atoms with Crippen LogP contribution in [0.4, 0.5) is 4.79 Å². The lowest BCUT2D eigenvalue weighted by molar-refractivity contribution is 0.145. The van der Waals surface area contributed by atoms with Gasteiger partial charge in [0.2, 0.25) is 0 Å². The van der Waals surface area contributed by atoms with Gasteiger partial charge >= 0.3 is 6.09 Å². The summed E-state index contributed by atoms with van der Waals surface area (Å²) in [7, 11) is 0. The van der Waals surface area contributed by atoms with Crippen LogP contribution in [0.2, 0.25) is 0 Å². The summed E-state index contributed by atoms with van der Waals surface area (Å²) in [6, 6.07) is 11.4. The maximum absolute atomic E-state index is 11.4. The highest BCUT2D eigenvalue weighted by molar-refractivity contribution is 5.66. The molecule has 0 radical (unpaired) electrons. The van der Waals surface area contributed by atoms with Crippen molar-refractivity contribution >= 4 is 6.09 Å². The minimum absolute atomic E-state index is 0.245. The molecule has 1 aliphatic rings.